The quantitative estimate of drug-likeness (QED) is 0.182. The summed E-state index contributed by atoms with van der Waals surface area (Å²) in [5.74, 6) is 0.603. The van der Waals surface area contributed by atoms with Crippen LogP contribution in [-0.4, -0.2) is 40.3 Å². The van der Waals surface area contributed by atoms with Crippen LogP contribution < -0.4 is 9.47 Å². The fraction of sp³-hybridized carbons (Fsp3) is 0.364. The minimum absolute atomic E-state index is 0.197. The smallest absolute Gasteiger partial charge is 0.278 e. The lowest BCUT2D eigenvalue weighted by Crippen LogP contribution is -2.35. The molecule has 0 N–H and O–H groups in total. The lowest BCUT2D eigenvalue weighted by Gasteiger charge is -2.33. The Morgan fingerprint density at radius 3 is 2.49 bits per heavy atom. The standard InChI is InChI=1S/C33H31ClF2IN3O3/c1-33(26-10-7-22(34)17-27(26)36)42-28-4-2-3-25(31(28)43-33)20-11-14-39(15-12-20)19-29-38-30(21-5-8-23(35)9-6-21)32(37)40(29)18-24-13-16-41-24/h2-10,17,20,24H,11-16,18-19H2,1H3/t24-,33-/m0/s1. The Balaban J connectivity index is 1.07. The average Bonchev–Trinajstić information content (AvgIpc) is 3.47. The number of para-hydroxylation sites is 1. The van der Waals surface area contributed by atoms with Crippen molar-refractivity contribution in [2.24, 2.45) is 0 Å². The van der Waals surface area contributed by atoms with Gasteiger partial charge in [0.25, 0.3) is 5.79 Å². The summed E-state index contributed by atoms with van der Waals surface area (Å²) in [4.78, 5) is 7.50. The summed E-state index contributed by atoms with van der Waals surface area (Å²) < 4.78 is 50.1. The Kier molecular flexibility index (Phi) is 7.86. The van der Waals surface area contributed by atoms with Crippen LogP contribution in [0.15, 0.2) is 60.7 Å². The first-order chi connectivity index (χ1) is 20.8. The van der Waals surface area contributed by atoms with Gasteiger partial charge in [-0.25, -0.2) is 13.8 Å². The number of benzene rings is 3. The second kappa shape index (κ2) is 11.6. The average molecular weight is 718 g/mol. The van der Waals surface area contributed by atoms with E-state index in [0.717, 1.165) is 78.4 Å². The van der Waals surface area contributed by atoms with Gasteiger partial charge in [-0.3, -0.25) is 4.90 Å². The van der Waals surface area contributed by atoms with Crippen LogP contribution in [0.3, 0.4) is 0 Å². The molecule has 6 nitrogen and oxygen atoms in total. The fourth-order valence-electron chi connectivity index (χ4n) is 6.25. The van der Waals surface area contributed by atoms with Crippen molar-refractivity contribution in [3.63, 3.8) is 0 Å². The topological polar surface area (TPSA) is 48.8 Å². The molecule has 10 heteroatoms. The molecule has 2 atom stereocenters. The summed E-state index contributed by atoms with van der Waals surface area (Å²) in [7, 11) is 0. The van der Waals surface area contributed by atoms with Crippen LogP contribution in [0.5, 0.6) is 11.5 Å². The molecule has 7 rings (SSSR count). The van der Waals surface area contributed by atoms with Gasteiger partial charge in [0.2, 0.25) is 0 Å². The van der Waals surface area contributed by atoms with Gasteiger partial charge in [0.15, 0.2) is 11.5 Å². The van der Waals surface area contributed by atoms with Crippen molar-refractivity contribution in [1.82, 2.24) is 14.5 Å². The number of halogens is 4. The highest BCUT2D eigenvalue weighted by Gasteiger charge is 2.43. The first-order valence-electron chi connectivity index (χ1n) is 14.6. The van der Waals surface area contributed by atoms with Crippen LogP contribution in [0.1, 0.15) is 49.1 Å². The van der Waals surface area contributed by atoms with Crippen molar-refractivity contribution in [3.05, 3.63) is 98.0 Å². The number of likely N-dealkylation sites (tertiary alicyclic amines) is 1. The van der Waals surface area contributed by atoms with Crippen molar-refractivity contribution < 1.29 is 23.0 Å². The number of rotatable bonds is 7. The minimum atomic E-state index is -1.27. The number of aromatic nitrogens is 2. The molecule has 0 unspecified atom stereocenters. The van der Waals surface area contributed by atoms with Crippen LogP contribution in [0.4, 0.5) is 8.78 Å². The fourth-order valence-corrected chi connectivity index (χ4v) is 7.31. The summed E-state index contributed by atoms with van der Waals surface area (Å²) >= 11 is 8.34. The Morgan fingerprint density at radius 1 is 1.02 bits per heavy atom. The monoisotopic (exact) mass is 717 g/mol. The highest BCUT2D eigenvalue weighted by atomic mass is 127. The molecule has 1 aromatic heterocycles. The molecule has 0 saturated carbocycles. The van der Waals surface area contributed by atoms with Crippen LogP contribution in [-0.2, 0) is 23.6 Å². The molecular weight excluding hydrogens is 687 g/mol. The maximum atomic E-state index is 14.8. The largest absolute Gasteiger partial charge is 0.444 e. The van der Waals surface area contributed by atoms with Crippen LogP contribution >= 0.6 is 34.2 Å². The summed E-state index contributed by atoms with van der Waals surface area (Å²) in [5, 5.41) is 0.327. The highest BCUT2D eigenvalue weighted by Crippen LogP contribution is 2.50. The molecule has 4 heterocycles. The van der Waals surface area contributed by atoms with Crippen molar-refractivity contribution in [2.45, 2.75) is 57.1 Å². The van der Waals surface area contributed by atoms with Crippen LogP contribution in [0.2, 0.25) is 5.02 Å². The third-order valence-corrected chi connectivity index (χ3v) is 10.0. The van der Waals surface area contributed by atoms with Crippen molar-refractivity contribution in [1.29, 1.82) is 0 Å². The maximum absolute atomic E-state index is 14.8. The third-order valence-electron chi connectivity index (χ3n) is 8.71. The number of piperidine rings is 1. The molecule has 224 valence electrons. The predicted molar refractivity (Wildman–Crippen MR) is 168 cm³/mol. The molecule has 2 fully saturated rings. The van der Waals surface area contributed by atoms with E-state index in [0.29, 0.717) is 22.1 Å². The van der Waals surface area contributed by atoms with E-state index >= 15 is 0 Å². The highest BCUT2D eigenvalue weighted by molar-refractivity contribution is 14.1. The van der Waals surface area contributed by atoms with Crippen molar-refractivity contribution >= 4 is 34.2 Å². The zero-order valence-corrected chi connectivity index (χ0v) is 26.6. The van der Waals surface area contributed by atoms with E-state index in [1.807, 2.05) is 12.1 Å². The Morgan fingerprint density at radius 2 is 1.79 bits per heavy atom. The number of nitrogens with zero attached hydrogens (tertiary/aromatic N) is 3. The van der Waals surface area contributed by atoms with Crippen LogP contribution in [0, 0.1) is 15.3 Å². The van der Waals surface area contributed by atoms with Gasteiger partial charge in [-0.1, -0.05) is 23.7 Å². The normalized spacial score (nSPS) is 22.1. The first kappa shape index (κ1) is 29.0. The summed E-state index contributed by atoms with van der Waals surface area (Å²) in [6, 6.07) is 17.0. The van der Waals surface area contributed by atoms with Crippen molar-refractivity contribution in [2.75, 3.05) is 19.7 Å². The lowest BCUT2D eigenvalue weighted by molar-refractivity contribution is -0.0712. The Bertz CT molecular complexity index is 1650. The Hall–Kier alpha value is -2.73. The van der Waals surface area contributed by atoms with Gasteiger partial charge in [0.1, 0.15) is 26.9 Å². The van der Waals surface area contributed by atoms with Gasteiger partial charge >= 0.3 is 0 Å². The Labute approximate surface area is 268 Å². The molecular formula is C33H31ClF2IN3O3. The summed E-state index contributed by atoms with van der Waals surface area (Å²) in [5.41, 5.74) is 3.19. The maximum Gasteiger partial charge on any atom is 0.278 e. The van der Waals surface area contributed by atoms with E-state index in [9.17, 15) is 8.78 Å². The van der Waals surface area contributed by atoms with E-state index < -0.39 is 11.6 Å². The number of imidazole rings is 1. The van der Waals surface area contributed by atoms with Gasteiger partial charge < -0.3 is 18.8 Å². The van der Waals surface area contributed by atoms with Gasteiger partial charge in [-0.05, 0) is 109 Å². The van der Waals surface area contributed by atoms with E-state index in [1.165, 1.54) is 18.2 Å². The lowest BCUT2D eigenvalue weighted by atomic mass is 9.88. The SMILES string of the molecule is C[C@]1(c2ccc(Cl)cc2F)Oc2cccc(C3CCN(Cc4nc(-c5ccc(F)cc5)c(I)n4C[C@@H]4CCO4)CC3)c2O1. The molecule has 0 bridgehead atoms. The number of fused-ring (bicyclic) bond motifs is 1. The predicted octanol–water partition coefficient (Wildman–Crippen LogP) is 7.90. The molecule has 0 aliphatic carbocycles. The number of ether oxygens (including phenoxy) is 3. The molecule has 43 heavy (non-hydrogen) atoms. The molecule has 3 aliphatic rings. The van der Waals surface area contributed by atoms with E-state index in [2.05, 4.69) is 38.1 Å². The van der Waals surface area contributed by atoms with E-state index in [1.54, 1.807) is 31.2 Å². The minimum Gasteiger partial charge on any atom is -0.444 e. The number of hydrogen-bond acceptors (Lipinski definition) is 5. The van der Waals surface area contributed by atoms with E-state index in [-0.39, 0.29) is 17.8 Å². The molecule has 3 aromatic carbocycles. The summed E-state index contributed by atoms with van der Waals surface area (Å²) in [6.07, 6.45) is 3.13. The first-order valence-corrected chi connectivity index (χ1v) is 16.0. The van der Waals surface area contributed by atoms with Crippen LogP contribution in [0.25, 0.3) is 11.3 Å². The van der Waals surface area contributed by atoms with Gasteiger partial charge in [0.05, 0.1) is 24.8 Å². The van der Waals surface area contributed by atoms with Gasteiger partial charge in [-0.2, -0.15) is 0 Å². The molecule has 4 aromatic rings. The number of hydrogen-bond donors (Lipinski definition) is 0. The van der Waals surface area contributed by atoms with Gasteiger partial charge in [0, 0.05) is 29.7 Å². The van der Waals surface area contributed by atoms with Gasteiger partial charge in [-0.15, -0.1) is 0 Å². The molecule has 0 radical (unpaired) electrons. The third kappa shape index (κ3) is 5.65. The summed E-state index contributed by atoms with van der Waals surface area (Å²) in [6.45, 7) is 5.82. The molecule has 0 amide bonds. The zero-order chi connectivity index (χ0) is 29.7. The zero-order valence-electron chi connectivity index (χ0n) is 23.7. The molecule has 2 saturated heterocycles. The second-order valence-electron chi connectivity index (χ2n) is 11.6. The van der Waals surface area contributed by atoms with Crippen molar-refractivity contribution in [3.8, 4) is 22.8 Å². The second-order valence-corrected chi connectivity index (χ2v) is 13.0. The molecule has 0 spiro atoms. The van der Waals surface area contributed by atoms with E-state index in [4.69, 9.17) is 30.8 Å². The molecule has 3 aliphatic heterocycles.